The number of hydrogen-bond acceptors (Lipinski definition) is 4. The lowest BCUT2D eigenvalue weighted by atomic mass is 10.1. The summed E-state index contributed by atoms with van der Waals surface area (Å²) in [6.45, 7) is 4.67. The lowest BCUT2D eigenvalue weighted by molar-refractivity contribution is 0.0750. The van der Waals surface area contributed by atoms with Gasteiger partial charge in [-0.25, -0.2) is 14.4 Å². The SMILES string of the molecule is Cc1nc2c(c(N3CCC3)n1)CN(C(=O)c1cc(F)cc(Cl)c1)C2. The molecule has 2 aliphatic rings. The predicted molar refractivity (Wildman–Crippen MR) is 88.6 cm³/mol. The highest BCUT2D eigenvalue weighted by Crippen LogP contribution is 2.32. The Kier molecular flexibility index (Phi) is 3.64. The third-order valence-corrected chi connectivity index (χ3v) is 4.64. The summed E-state index contributed by atoms with van der Waals surface area (Å²) in [5.41, 5.74) is 2.12. The van der Waals surface area contributed by atoms with Gasteiger partial charge in [-0.2, -0.15) is 0 Å². The highest BCUT2D eigenvalue weighted by atomic mass is 35.5. The molecule has 4 rings (SSSR count). The smallest absolute Gasteiger partial charge is 0.254 e. The Morgan fingerprint density at radius 2 is 2.00 bits per heavy atom. The first-order valence-electron chi connectivity index (χ1n) is 7.88. The van der Waals surface area contributed by atoms with Gasteiger partial charge in [-0.05, 0) is 31.5 Å². The number of anilines is 1. The van der Waals surface area contributed by atoms with E-state index in [2.05, 4.69) is 14.9 Å². The van der Waals surface area contributed by atoms with Gasteiger partial charge in [0.1, 0.15) is 17.5 Å². The van der Waals surface area contributed by atoms with Crippen molar-refractivity contribution in [3.05, 3.63) is 51.7 Å². The zero-order valence-corrected chi connectivity index (χ0v) is 14.0. The van der Waals surface area contributed by atoms with Crippen molar-refractivity contribution in [1.82, 2.24) is 14.9 Å². The largest absolute Gasteiger partial charge is 0.356 e. The Hall–Kier alpha value is -2.21. The molecule has 24 heavy (non-hydrogen) atoms. The quantitative estimate of drug-likeness (QED) is 0.839. The third-order valence-electron chi connectivity index (χ3n) is 4.42. The molecule has 0 atom stereocenters. The van der Waals surface area contributed by atoms with Crippen LogP contribution in [0.5, 0.6) is 0 Å². The molecule has 0 radical (unpaired) electrons. The maximum Gasteiger partial charge on any atom is 0.254 e. The molecule has 0 unspecified atom stereocenters. The summed E-state index contributed by atoms with van der Waals surface area (Å²) in [7, 11) is 0. The number of rotatable bonds is 2. The second-order valence-corrected chi connectivity index (χ2v) is 6.62. The van der Waals surface area contributed by atoms with E-state index in [1.165, 1.54) is 18.2 Å². The highest BCUT2D eigenvalue weighted by Gasteiger charge is 2.31. The third kappa shape index (κ3) is 2.60. The van der Waals surface area contributed by atoms with E-state index in [1.54, 1.807) is 4.90 Å². The minimum absolute atomic E-state index is 0.215. The van der Waals surface area contributed by atoms with Crippen molar-refractivity contribution in [1.29, 1.82) is 0 Å². The zero-order valence-electron chi connectivity index (χ0n) is 13.2. The van der Waals surface area contributed by atoms with E-state index in [0.29, 0.717) is 18.9 Å². The van der Waals surface area contributed by atoms with Gasteiger partial charge in [-0.15, -0.1) is 0 Å². The van der Waals surface area contributed by atoms with Gasteiger partial charge in [0.15, 0.2) is 0 Å². The number of aromatic nitrogens is 2. The van der Waals surface area contributed by atoms with Crippen molar-refractivity contribution < 1.29 is 9.18 Å². The standard InChI is InChI=1S/C17H16ClFN4O/c1-10-20-15-9-23(8-14(15)16(21-10)22-3-2-4-22)17(24)11-5-12(18)7-13(19)6-11/h5-7H,2-4,8-9H2,1H3. The van der Waals surface area contributed by atoms with Crippen molar-refractivity contribution in [3.63, 3.8) is 0 Å². The summed E-state index contributed by atoms with van der Waals surface area (Å²) in [4.78, 5) is 25.6. The molecule has 2 aromatic rings. The fourth-order valence-corrected chi connectivity index (χ4v) is 3.37. The first kappa shape index (κ1) is 15.3. The molecule has 1 aromatic heterocycles. The van der Waals surface area contributed by atoms with E-state index in [0.717, 1.165) is 36.6 Å². The lowest BCUT2D eigenvalue weighted by Gasteiger charge is -2.33. The van der Waals surface area contributed by atoms with Gasteiger partial charge >= 0.3 is 0 Å². The molecule has 1 aromatic carbocycles. The molecule has 1 fully saturated rings. The number of fused-ring (bicyclic) bond motifs is 1. The summed E-state index contributed by atoms with van der Waals surface area (Å²) < 4.78 is 13.5. The van der Waals surface area contributed by atoms with Crippen LogP contribution in [-0.2, 0) is 13.1 Å². The summed E-state index contributed by atoms with van der Waals surface area (Å²) in [6.07, 6.45) is 1.16. The summed E-state index contributed by atoms with van der Waals surface area (Å²) in [5, 5.41) is 0.215. The topological polar surface area (TPSA) is 49.3 Å². The van der Waals surface area contributed by atoms with Crippen LogP contribution in [0, 0.1) is 12.7 Å². The fourth-order valence-electron chi connectivity index (χ4n) is 3.15. The van der Waals surface area contributed by atoms with Crippen LogP contribution in [0.15, 0.2) is 18.2 Å². The van der Waals surface area contributed by atoms with Crippen molar-refractivity contribution in [3.8, 4) is 0 Å². The molecule has 0 saturated carbocycles. The normalized spacial score (nSPS) is 16.1. The molecule has 124 valence electrons. The van der Waals surface area contributed by atoms with E-state index in [1.807, 2.05) is 6.92 Å². The molecule has 1 amide bonds. The average molecular weight is 347 g/mol. The van der Waals surface area contributed by atoms with Crippen LogP contribution in [0.2, 0.25) is 5.02 Å². The van der Waals surface area contributed by atoms with Crippen molar-refractivity contribution in [2.75, 3.05) is 18.0 Å². The predicted octanol–water partition coefficient (Wildman–Crippen LogP) is 2.94. The van der Waals surface area contributed by atoms with E-state index in [-0.39, 0.29) is 16.5 Å². The maximum atomic E-state index is 13.5. The van der Waals surface area contributed by atoms with Crippen molar-refractivity contribution in [2.45, 2.75) is 26.4 Å². The summed E-state index contributed by atoms with van der Waals surface area (Å²) >= 11 is 5.86. The minimum atomic E-state index is -0.514. The van der Waals surface area contributed by atoms with Crippen LogP contribution in [0.3, 0.4) is 0 Å². The molecule has 0 N–H and O–H groups in total. The number of carbonyl (C=O) groups is 1. The minimum Gasteiger partial charge on any atom is -0.356 e. The summed E-state index contributed by atoms with van der Waals surface area (Å²) in [5.74, 6) is 0.871. The molecule has 2 aliphatic heterocycles. The Labute approximate surface area is 144 Å². The summed E-state index contributed by atoms with van der Waals surface area (Å²) in [6, 6.07) is 3.89. The zero-order chi connectivity index (χ0) is 16.8. The van der Waals surface area contributed by atoms with Gasteiger partial charge in [0.25, 0.3) is 5.91 Å². The maximum absolute atomic E-state index is 13.5. The second kappa shape index (κ2) is 5.70. The average Bonchev–Trinajstić information content (AvgIpc) is 2.87. The highest BCUT2D eigenvalue weighted by molar-refractivity contribution is 6.31. The van der Waals surface area contributed by atoms with Crippen LogP contribution >= 0.6 is 11.6 Å². The first-order valence-corrected chi connectivity index (χ1v) is 8.26. The number of hydrogen-bond donors (Lipinski definition) is 0. The molecule has 7 heteroatoms. The molecule has 0 spiro atoms. The van der Waals surface area contributed by atoms with Gasteiger partial charge < -0.3 is 9.80 Å². The van der Waals surface area contributed by atoms with Crippen LogP contribution in [0.1, 0.15) is 33.9 Å². The Bertz CT molecular complexity index is 817. The van der Waals surface area contributed by atoms with Gasteiger partial charge in [0, 0.05) is 29.2 Å². The molecule has 5 nitrogen and oxygen atoms in total. The Balaban J connectivity index is 1.64. The van der Waals surface area contributed by atoms with Crippen molar-refractivity contribution >= 4 is 23.3 Å². The van der Waals surface area contributed by atoms with E-state index < -0.39 is 5.82 Å². The molecule has 0 bridgehead atoms. The molecule has 1 saturated heterocycles. The number of carbonyl (C=O) groups excluding carboxylic acids is 1. The van der Waals surface area contributed by atoms with E-state index in [4.69, 9.17) is 11.6 Å². The van der Waals surface area contributed by atoms with Crippen LogP contribution in [-0.4, -0.2) is 33.9 Å². The van der Waals surface area contributed by atoms with Crippen molar-refractivity contribution in [2.24, 2.45) is 0 Å². The molecule has 0 aliphatic carbocycles. The van der Waals surface area contributed by atoms with Gasteiger partial charge in [0.2, 0.25) is 0 Å². The Morgan fingerprint density at radius 3 is 2.67 bits per heavy atom. The first-order chi connectivity index (χ1) is 11.5. The van der Waals surface area contributed by atoms with E-state index >= 15 is 0 Å². The van der Waals surface area contributed by atoms with Crippen LogP contribution < -0.4 is 4.90 Å². The monoisotopic (exact) mass is 346 g/mol. The second-order valence-electron chi connectivity index (χ2n) is 6.18. The number of benzene rings is 1. The fraction of sp³-hybridized carbons (Fsp3) is 0.353. The van der Waals surface area contributed by atoms with Gasteiger partial charge in [0.05, 0.1) is 18.8 Å². The molecular formula is C17H16ClFN4O. The number of amides is 1. The Morgan fingerprint density at radius 1 is 1.21 bits per heavy atom. The van der Waals surface area contributed by atoms with Crippen LogP contribution in [0.4, 0.5) is 10.2 Å². The van der Waals surface area contributed by atoms with E-state index in [9.17, 15) is 9.18 Å². The molecular weight excluding hydrogens is 331 g/mol. The number of nitrogens with zero attached hydrogens (tertiary/aromatic N) is 4. The van der Waals surface area contributed by atoms with Gasteiger partial charge in [-0.3, -0.25) is 4.79 Å². The van der Waals surface area contributed by atoms with Crippen LogP contribution in [0.25, 0.3) is 0 Å². The number of halogens is 2. The number of aryl methyl sites for hydroxylation is 1. The van der Waals surface area contributed by atoms with Gasteiger partial charge in [-0.1, -0.05) is 11.6 Å². The molecule has 3 heterocycles. The lowest BCUT2D eigenvalue weighted by Crippen LogP contribution is -2.38.